The van der Waals surface area contributed by atoms with Crippen LogP contribution in [0.15, 0.2) is 46.8 Å². The maximum atomic E-state index is 12.5. The zero-order valence-electron chi connectivity index (χ0n) is 18.5. The number of aromatic nitrogens is 3. The largest absolute Gasteiger partial charge is 0.484 e. The Hall–Kier alpha value is -3.11. The number of benzene rings is 1. The van der Waals surface area contributed by atoms with E-state index >= 15 is 0 Å². The molecule has 0 aliphatic heterocycles. The smallest absolute Gasteiger partial charge is 0.422 e. The Morgan fingerprint density at radius 1 is 1.27 bits per heavy atom. The van der Waals surface area contributed by atoms with Crippen LogP contribution in [0.4, 0.5) is 13.2 Å². The van der Waals surface area contributed by atoms with Gasteiger partial charge in [-0.05, 0) is 43.0 Å². The van der Waals surface area contributed by atoms with Gasteiger partial charge in [-0.1, -0.05) is 31.1 Å². The first-order chi connectivity index (χ1) is 15.6. The topological polar surface area (TPSA) is 117 Å². The van der Waals surface area contributed by atoms with E-state index in [-0.39, 0.29) is 11.5 Å². The number of para-hydroxylation sites is 2. The van der Waals surface area contributed by atoms with E-state index in [0.717, 1.165) is 11.9 Å². The number of nitrogens with one attached hydrogen (secondary N) is 1. The predicted molar refractivity (Wildman–Crippen MR) is 120 cm³/mol. The van der Waals surface area contributed by atoms with Crippen molar-refractivity contribution in [3.05, 3.63) is 58.2 Å². The Morgan fingerprint density at radius 3 is 2.64 bits per heavy atom. The van der Waals surface area contributed by atoms with Crippen molar-refractivity contribution in [1.29, 1.82) is 0 Å². The second-order valence-electron chi connectivity index (χ2n) is 7.47. The number of nitrogens with zero attached hydrogens (tertiary/aromatic N) is 5. The van der Waals surface area contributed by atoms with Crippen LogP contribution in [-0.2, 0) is 16.6 Å². The van der Waals surface area contributed by atoms with Crippen LogP contribution in [-0.4, -0.2) is 38.5 Å². The Morgan fingerprint density at radius 2 is 2.00 bits per heavy atom. The summed E-state index contributed by atoms with van der Waals surface area (Å²) in [6, 6.07) is 8.62. The van der Waals surface area contributed by atoms with Crippen LogP contribution in [0, 0.1) is 12.8 Å². The quantitative estimate of drug-likeness (QED) is 0.246. The first kappa shape index (κ1) is 26.1. The van der Waals surface area contributed by atoms with Crippen molar-refractivity contribution >= 4 is 21.8 Å². The monoisotopic (exact) mass is 482 g/mol. The summed E-state index contributed by atoms with van der Waals surface area (Å²) in [5.74, 6) is 0.735. The Labute approximate surface area is 191 Å². The highest BCUT2D eigenvalue weighted by molar-refractivity contribution is 7.84. The molecule has 178 valence electrons. The molecule has 33 heavy (non-hydrogen) atoms. The van der Waals surface area contributed by atoms with Crippen LogP contribution < -0.4 is 4.74 Å². The highest BCUT2D eigenvalue weighted by Gasteiger charge is 2.29. The van der Waals surface area contributed by atoms with Crippen molar-refractivity contribution in [3.8, 4) is 5.75 Å². The molecule has 2 heterocycles. The molecule has 3 rings (SSSR count). The fourth-order valence-corrected chi connectivity index (χ4v) is 3.71. The molecule has 1 atom stereocenters. The summed E-state index contributed by atoms with van der Waals surface area (Å²) in [5.41, 5.74) is 10.1. The zero-order chi connectivity index (χ0) is 24.4. The number of rotatable bonds is 8. The second-order valence-corrected chi connectivity index (χ2v) is 8.84. The third kappa shape index (κ3) is 8.74. The lowest BCUT2D eigenvalue weighted by Crippen LogP contribution is -2.19. The Bertz CT molecular complexity index is 1090. The van der Waals surface area contributed by atoms with E-state index in [1.165, 1.54) is 12.3 Å². The van der Waals surface area contributed by atoms with E-state index < -0.39 is 23.6 Å². The Kier molecular flexibility index (Phi) is 9.68. The molecule has 0 unspecified atom stereocenters. The first-order valence-electron chi connectivity index (χ1n) is 10.1. The minimum atomic E-state index is -4.42. The number of imidazole rings is 1. The van der Waals surface area contributed by atoms with Crippen LogP contribution in [0.25, 0.3) is 21.5 Å². The molecule has 0 aliphatic carbocycles. The summed E-state index contributed by atoms with van der Waals surface area (Å²) in [4.78, 5) is 14.0. The van der Waals surface area contributed by atoms with Gasteiger partial charge in [-0.3, -0.25) is 9.19 Å². The molecule has 1 N–H and O–H groups in total. The molecule has 0 saturated heterocycles. The predicted octanol–water partition coefficient (Wildman–Crippen LogP) is 5.86. The van der Waals surface area contributed by atoms with E-state index in [1.54, 1.807) is 13.0 Å². The maximum Gasteiger partial charge on any atom is 0.422 e. The van der Waals surface area contributed by atoms with Gasteiger partial charge in [0.2, 0.25) is 0 Å². The molecular formula is C21H25F3N6O2S. The fraction of sp³-hybridized carbons (Fsp3) is 0.429. The van der Waals surface area contributed by atoms with Gasteiger partial charge in [-0.2, -0.15) is 13.2 Å². The van der Waals surface area contributed by atoms with Crippen LogP contribution in [0.1, 0.15) is 31.5 Å². The second kappa shape index (κ2) is 12.2. The molecule has 2 aromatic heterocycles. The van der Waals surface area contributed by atoms with E-state index in [4.69, 9.17) is 10.3 Å². The van der Waals surface area contributed by atoms with Crippen molar-refractivity contribution in [1.82, 2.24) is 15.0 Å². The normalized spacial score (nSPS) is 12.1. The molecule has 3 aromatic rings. The molecule has 0 radical (unpaired) electrons. The van der Waals surface area contributed by atoms with Gasteiger partial charge in [-0.25, -0.2) is 4.98 Å². The molecule has 0 saturated carbocycles. The number of azide groups is 1. The third-order valence-electron chi connectivity index (χ3n) is 4.37. The third-order valence-corrected chi connectivity index (χ3v) is 5.53. The lowest BCUT2D eigenvalue weighted by Gasteiger charge is -2.13. The molecule has 0 spiro atoms. The van der Waals surface area contributed by atoms with Crippen LogP contribution in [0.3, 0.4) is 0 Å². The number of halogens is 3. The molecular weight excluding hydrogens is 457 g/mol. The van der Waals surface area contributed by atoms with Crippen molar-refractivity contribution in [2.24, 2.45) is 11.0 Å². The summed E-state index contributed by atoms with van der Waals surface area (Å²) < 4.78 is 54.2. The van der Waals surface area contributed by atoms with Crippen molar-refractivity contribution in [2.75, 3.05) is 13.2 Å². The van der Waals surface area contributed by atoms with Gasteiger partial charge in [0.1, 0.15) is 5.75 Å². The van der Waals surface area contributed by atoms with Crippen LogP contribution >= 0.6 is 0 Å². The van der Waals surface area contributed by atoms with E-state index in [9.17, 15) is 17.4 Å². The number of hydrogen-bond acceptors (Lipinski definition) is 5. The summed E-state index contributed by atoms with van der Waals surface area (Å²) in [6.45, 7) is 5.04. The summed E-state index contributed by atoms with van der Waals surface area (Å²) in [5, 5.41) is 3.69. The van der Waals surface area contributed by atoms with Gasteiger partial charge < -0.3 is 9.72 Å². The number of H-pyrrole nitrogens is 1. The SMILES string of the molecule is CC(C)CCN=[N+]=[N-].Cc1c(OCC(F)(F)F)ccnc1C[S@@](=O)c1nc2ccccc2[nH]1. The highest BCUT2D eigenvalue weighted by atomic mass is 32.2. The molecule has 0 amide bonds. The highest BCUT2D eigenvalue weighted by Crippen LogP contribution is 2.24. The lowest BCUT2D eigenvalue weighted by molar-refractivity contribution is -0.153. The number of aromatic amines is 1. The van der Waals surface area contributed by atoms with Gasteiger partial charge in [-0.15, -0.1) is 0 Å². The number of pyridine rings is 1. The van der Waals surface area contributed by atoms with Gasteiger partial charge >= 0.3 is 6.18 Å². The van der Waals surface area contributed by atoms with E-state index in [2.05, 4.69) is 38.8 Å². The number of hydrogen-bond donors (Lipinski definition) is 1. The minimum absolute atomic E-state index is 0.0227. The van der Waals surface area contributed by atoms with E-state index in [1.807, 2.05) is 18.2 Å². The molecule has 8 nitrogen and oxygen atoms in total. The molecule has 12 heteroatoms. The molecule has 1 aromatic carbocycles. The average Bonchev–Trinajstić information content (AvgIpc) is 3.19. The zero-order valence-corrected chi connectivity index (χ0v) is 19.3. The van der Waals surface area contributed by atoms with Gasteiger partial charge in [0.25, 0.3) is 0 Å². The van der Waals surface area contributed by atoms with Crippen LogP contribution in [0.2, 0.25) is 0 Å². The number of ether oxygens (including phenoxy) is 1. The molecule has 0 fully saturated rings. The van der Waals surface area contributed by atoms with Gasteiger partial charge in [0.15, 0.2) is 11.8 Å². The first-order valence-corrected chi connectivity index (χ1v) is 11.4. The minimum Gasteiger partial charge on any atom is -0.484 e. The number of alkyl halides is 3. The van der Waals surface area contributed by atoms with Crippen molar-refractivity contribution in [2.45, 2.75) is 44.3 Å². The average molecular weight is 483 g/mol. The lowest BCUT2D eigenvalue weighted by atomic mass is 10.1. The van der Waals surface area contributed by atoms with Gasteiger partial charge in [0.05, 0.1) is 33.3 Å². The summed E-state index contributed by atoms with van der Waals surface area (Å²) >= 11 is 0. The number of fused-ring (bicyclic) bond motifs is 1. The standard InChI is InChI=1S/C16H14F3N3O2S.C5H11N3/c1-10-13(20-7-6-14(10)24-9-16(17,18)19)8-25(23)15-21-11-4-2-3-5-12(11)22-15;1-5(2)3-4-7-8-6/h2-7H,8-9H2,1H3,(H,21,22);5H,3-4H2,1-2H3/t25-;/m1./s1. The Balaban J connectivity index is 0.000000414. The van der Waals surface area contributed by atoms with Crippen molar-refractivity contribution in [3.63, 3.8) is 0 Å². The van der Waals surface area contributed by atoms with Crippen LogP contribution in [0.5, 0.6) is 5.75 Å². The van der Waals surface area contributed by atoms with E-state index in [0.29, 0.717) is 34.4 Å². The van der Waals surface area contributed by atoms with Gasteiger partial charge in [0, 0.05) is 23.2 Å². The van der Waals surface area contributed by atoms with Crippen molar-refractivity contribution < 1.29 is 22.1 Å². The molecule has 0 aliphatic rings. The summed E-state index contributed by atoms with van der Waals surface area (Å²) in [6.07, 6.45) is -2.10. The maximum absolute atomic E-state index is 12.5. The molecule has 0 bridgehead atoms. The fourth-order valence-electron chi connectivity index (χ4n) is 2.61. The summed E-state index contributed by atoms with van der Waals surface area (Å²) in [7, 11) is -1.51.